The lowest BCUT2D eigenvalue weighted by Crippen LogP contribution is -2.22. The van der Waals surface area contributed by atoms with E-state index in [4.69, 9.17) is 15.2 Å². The number of nitrogens with two attached hydrogens (primary N) is 1. The predicted octanol–water partition coefficient (Wildman–Crippen LogP) is 3.74. The molecule has 0 saturated carbocycles. The summed E-state index contributed by atoms with van der Waals surface area (Å²) in [7, 11) is 3.26. The van der Waals surface area contributed by atoms with Gasteiger partial charge in [-0.2, -0.15) is 0 Å². The highest BCUT2D eigenvalue weighted by Crippen LogP contribution is 2.26. The molecule has 0 bridgehead atoms. The van der Waals surface area contributed by atoms with E-state index in [2.05, 4.69) is 28.5 Å². The molecule has 2 aromatic rings. The van der Waals surface area contributed by atoms with Gasteiger partial charge in [-0.3, -0.25) is 0 Å². The monoisotopic (exact) mass is 453 g/mol. The number of halogens is 1. The lowest BCUT2D eigenvalue weighted by atomic mass is 10.1. The minimum atomic E-state index is 0. The molecule has 0 heterocycles. The first-order valence-corrected chi connectivity index (χ1v) is 8.09. The number of fused-ring (bicyclic) bond motifs is 1. The van der Waals surface area contributed by atoms with Crippen molar-refractivity contribution in [3.05, 3.63) is 53.1 Å². The van der Waals surface area contributed by atoms with Crippen LogP contribution in [0.15, 0.2) is 41.4 Å². The highest BCUT2D eigenvalue weighted by molar-refractivity contribution is 14.0. The van der Waals surface area contributed by atoms with Crippen molar-refractivity contribution in [3.63, 3.8) is 0 Å². The van der Waals surface area contributed by atoms with Gasteiger partial charge in [0.05, 0.1) is 20.8 Å². The second kappa shape index (κ2) is 8.94. The molecule has 0 spiro atoms. The Balaban J connectivity index is 0.00000225. The van der Waals surface area contributed by atoms with E-state index in [0.29, 0.717) is 12.5 Å². The minimum Gasteiger partial charge on any atom is -0.497 e. The van der Waals surface area contributed by atoms with Crippen molar-refractivity contribution in [2.45, 2.75) is 25.8 Å². The zero-order chi connectivity index (χ0) is 16.9. The number of aliphatic imine (C=N–C) groups is 1. The Bertz CT molecular complexity index is 762. The van der Waals surface area contributed by atoms with Crippen LogP contribution in [0.5, 0.6) is 11.5 Å². The first-order chi connectivity index (χ1) is 11.7. The van der Waals surface area contributed by atoms with Gasteiger partial charge in [0.1, 0.15) is 11.5 Å². The van der Waals surface area contributed by atoms with Crippen LogP contribution < -0.4 is 20.5 Å². The van der Waals surface area contributed by atoms with Crippen LogP contribution in [-0.2, 0) is 19.4 Å². The van der Waals surface area contributed by atoms with Gasteiger partial charge < -0.3 is 20.5 Å². The Labute approximate surface area is 165 Å². The summed E-state index contributed by atoms with van der Waals surface area (Å²) in [5, 5.41) is 3.16. The first-order valence-electron chi connectivity index (χ1n) is 8.09. The number of ether oxygens (including phenoxy) is 2. The van der Waals surface area contributed by atoms with E-state index in [1.807, 2.05) is 18.2 Å². The molecule has 6 heteroatoms. The second-order valence-electron chi connectivity index (χ2n) is 5.84. The Hall–Kier alpha value is -1.96. The molecule has 0 amide bonds. The fourth-order valence-corrected chi connectivity index (χ4v) is 2.99. The van der Waals surface area contributed by atoms with Crippen molar-refractivity contribution >= 4 is 35.6 Å². The topological polar surface area (TPSA) is 68.9 Å². The van der Waals surface area contributed by atoms with Crippen LogP contribution in [0.25, 0.3) is 0 Å². The van der Waals surface area contributed by atoms with Crippen molar-refractivity contribution in [1.82, 2.24) is 0 Å². The molecular formula is C19H24IN3O2. The van der Waals surface area contributed by atoms with E-state index in [9.17, 15) is 0 Å². The highest BCUT2D eigenvalue weighted by atomic mass is 127. The molecule has 0 saturated heterocycles. The zero-order valence-electron chi connectivity index (χ0n) is 14.5. The minimum absolute atomic E-state index is 0. The normalized spacial score (nSPS) is 13.0. The third-order valence-corrected chi connectivity index (χ3v) is 4.28. The Morgan fingerprint density at radius 1 is 1.08 bits per heavy atom. The van der Waals surface area contributed by atoms with Crippen LogP contribution in [0, 0.1) is 0 Å². The number of hydrogen-bond donors (Lipinski definition) is 2. The standard InChI is InChI=1S/C19H23N3O2.HI/c1-23-17-9-7-15(18(11-17)24-2)12-21-19(20)22-16-8-6-13-4-3-5-14(13)10-16;/h6-11H,3-5,12H2,1-2H3,(H3,20,21,22);1H. The van der Waals surface area contributed by atoms with Gasteiger partial charge in [-0.05, 0) is 54.7 Å². The molecule has 1 aliphatic rings. The Kier molecular flexibility index (Phi) is 6.92. The molecule has 3 rings (SSSR count). The maximum absolute atomic E-state index is 6.02. The molecule has 0 aliphatic heterocycles. The molecule has 0 unspecified atom stereocenters. The van der Waals surface area contributed by atoms with E-state index < -0.39 is 0 Å². The van der Waals surface area contributed by atoms with E-state index in [0.717, 1.165) is 29.2 Å². The summed E-state index contributed by atoms with van der Waals surface area (Å²) in [6.07, 6.45) is 3.56. The summed E-state index contributed by atoms with van der Waals surface area (Å²) < 4.78 is 10.6. The van der Waals surface area contributed by atoms with Gasteiger partial charge in [0.25, 0.3) is 0 Å². The van der Waals surface area contributed by atoms with E-state index in [1.165, 1.54) is 24.0 Å². The number of anilines is 1. The van der Waals surface area contributed by atoms with Gasteiger partial charge in [-0.1, -0.05) is 6.07 Å². The molecule has 1 aliphatic carbocycles. The lowest BCUT2D eigenvalue weighted by molar-refractivity contribution is 0.391. The van der Waals surface area contributed by atoms with E-state index >= 15 is 0 Å². The smallest absolute Gasteiger partial charge is 0.193 e. The number of methoxy groups -OCH3 is 2. The number of rotatable bonds is 5. The van der Waals surface area contributed by atoms with Gasteiger partial charge in [0.15, 0.2) is 5.96 Å². The molecule has 5 nitrogen and oxygen atoms in total. The van der Waals surface area contributed by atoms with Crippen molar-refractivity contribution in [1.29, 1.82) is 0 Å². The lowest BCUT2D eigenvalue weighted by Gasteiger charge is -2.10. The molecule has 0 radical (unpaired) electrons. The Morgan fingerprint density at radius 2 is 1.88 bits per heavy atom. The van der Waals surface area contributed by atoms with Crippen LogP contribution in [0.2, 0.25) is 0 Å². The van der Waals surface area contributed by atoms with Crippen molar-refractivity contribution in [3.8, 4) is 11.5 Å². The molecule has 2 aromatic carbocycles. The van der Waals surface area contributed by atoms with Crippen LogP contribution in [0.4, 0.5) is 5.69 Å². The summed E-state index contributed by atoms with van der Waals surface area (Å²) in [6, 6.07) is 12.1. The van der Waals surface area contributed by atoms with Gasteiger partial charge in [-0.15, -0.1) is 24.0 Å². The van der Waals surface area contributed by atoms with Crippen molar-refractivity contribution in [2.24, 2.45) is 10.7 Å². The fourth-order valence-electron chi connectivity index (χ4n) is 2.99. The van der Waals surface area contributed by atoms with Gasteiger partial charge >= 0.3 is 0 Å². The summed E-state index contributed by atoms with van der Waals surface area (Å²) in [4.78, 5) is 4.41. The Morgan fingerprint density at radius 3 is 2.64 bits per heavy atom. The SMILES string of the molecule is COc1ccc(CN=C(N)Nc2ccc3c(c2)CCC3)c(OC)c1.I. The number of guanidine groups is 1. The maximum Gasteiger partial charge on any atom is 0.193 e. The van der Waals surface area contributed by atoms with Crippen molar-refractivity contribution < 1.29 is 9.47 Å². The molecular weight excluding hydrogens is 429 g/mol. The van der Waals surface area contributed by atoms with Crippen LogP contribution in [0.1, 0.15) is 23.1 Å². The predicted molar refractivity (Wildman–Crippen MR) is 112 cm³/mol. The summed E-state index contributed by atoms with van der Waals surface area (Å²) >= 11 is 0. The quantitative estimate of drug-likeness (QED) is 0.411. The van der Waals surface area contributed by atoms with Crippen molar-refractivity contribution in [2.75, 3.05) is 19.5 Å². The summed E-state index contributed by atoms with van der Waals surface area (Å²) in [6.45, 7) is 0.441. The van der Waals surface area contributed by atoms with Crippen LogP contribution >= 0.6 is 24.0 Å². The van der Waals surface area contributed by atoms with Crippen LogP contribution in [-0.4, -0.2) is 20.2 Å². The summed E-state index contributed by atoms with van der Waals surface area (Å²) in [5.74, 6) is 1.89. The fraction of sp³-hybridized carbons (Fsp3) is 0.316. The highest BCUT2D eigenvalue weighted by Gasteiger charge is 2.11. The number of nitrogens with zero attached hydrogens (tertiary/aromatic N) is 1. The largest absolute Gasteiger partial charge is 0.497 e. The maximum atomic E-state index is 6.02. The number of nitrogens with one attached hydrogen (secondary N) is 1. The number of aryl methyl sites for hydroxylation is 2. The van der Waals surface area contributed by atoms with Gasteiger partial charge in [-0.25, -0.2) is 4.99 Å². The van der Waals surface area contributed by atoms with E-state index in [-0.39, 0.29) is 24.0 Å². The second-order valence-corrected chi connectivity index (χ2v) is 5.84. The molecule has 134 valence electrons. The van der Waals surface area contributed by atoms with E-state index in [1.54, 1.807) is 14.2 Å². The average molecular weight is 453 g/mol. The zero-order valence-corrected chi connectivity index (χ0v) is 16.9. The van der Waals surface area contributed by atoms with Gasteiger partial charge in [0, 0.05) is 17.3 Å². The van der Waals surface area contributed by atoms with Gasteiger partial charge in [0.2, 0.25) is 0 Å². The number of hydrogen-bond acceptors (Lipinski definition) is 3. The summed E-state index contributed by atoms with van der Waals surface area (Å²) in [5.41, 5.74) is 10.8. The first kappa shape index (κ1) is 19.4. The number of benzene rings is 2. The molecule has 3 N–H and O–H groups in total. The van der Waals surface area contributed by atoms with Crippen LogP contribution in [0.3, 0.4) is 0 Å². The third-order valence-electron chi connectivity index (χ3n) is 4.28. The molecule has 0 aromatic heterocycles. The molecule has 0 fully saturated rings. The molecule has 25 heavy (non-hydrogen) atoms. The average Bonchev–Trinajstić information content (AvgIpc) is 3.07. The third kappa shape index (κ3) is 4.78. The molecule has 0 atom stereocenters.